The fourth-order valence-electron chi connectivity index (χ4n) is 2.24. The van der Waals surface area contributed by atoms with Gasteiger partial charge in [-0.1, -0.05) is 42.2 Å². The molecule has 0 saturated heterocycles. The Morgan fingerprint density at radius 1 is 1.13 bits per heavy atom. The van der Waals surface area contributed by atoms with Gasteiger partial charge in [-0.05, 0) is 12.1 Å². The van der Waals surface area contributed by atoms with Crippen molar-refractivity contribution in [3.8, 4) is 23.2 Å². The SMILES string of the molecule is OCC#Cc1cc(C(F)(F)F)cc2[nH]c(-c3ccccc3)nc12. The van der Waals surface area contributed by atoms with Crippen molar-refractivity contribution in [1.29, 1.82) is 0 Å². The van der Waals surface area contributed by atoms with E-state index in [1.165, 1.54) is 0 Å². The molecule has 3 rings (SSSR count). The summed E-state index contributed by atoms with van der Waals surface area (Å²) in [6, 6.07) is 11.0. The summed E-state index contributed by atoms with van der Waals surface area (Å²) in [6.07, 6.45) is -4.48. The van der Waals surface area contributed by atoms with E-state index in [1.54, 1.807) is 0 Å². The van der Waals surface area contributed by atoms with Crippen LogP contribution in [0.5, 0.6) is 0 Å². The Morgan fingerprint density at radius 2 is 1.87 bits per heavy atom. The Balaban J connectivity index is 2.23. The maximum atomic E-state index is 13.0. The average molecular weight is 316 g/mol. The maximum absolute atomic E-state index is 13.0. The minimum absolute atomic E-state index is 0.127. The molecule has 0 spiro atoms. The van der Waals surface area contributed by atoms with Crippen molar-refractivity contribution >= 4 is 11.0 Å². The minimum Gasteiger partial charge on any atom is -0.384 e. The molecule has 3 nitrogen and oxygen atoms in total. The number of aromatic nitrogens is 2. The Labute approximate surface area is 129 Å². The van der Waals surface area contributed by atoms with Crippen molar-refractivity contribution < 1.29 is 18.3 Å². The Hall–Kier alpha value is -2.78. The summed E-state index contributed by atoms with van der Waals surface area (Å²) in [7, 11) is 0. The molecule has 1 aromatic heterocycles. The number of rotatable bonds is 1. The number of aliphatic hydroxyl groups is 1. The third-order valence-electron chi connectivity index (χ3n) is 3.26. The Kier molecular flexibility index (Phi) is 3.80. The highest BCUT2D eigenvalue weighted by atomic mass is 19.4. The van der Waals surface area contributed by atoms with E-state index in [0.717, 1.165) is 17.7 Å². The molecule has 6 heteroatoms. The van der Waals surface area contributed by atoms with Crippen LogP contribution in [0.15, 0.2) is 42.5 Å². The summed E-state index contributed by atoms with van der Waals surface area (Å²) in [5.74, 6) is 5.37. The number of nitrogens with zero attached hydrogens (tertiary/aromatic N) is 1. The number of aromatic amines is 1. The van der Waals surface area contributed by atoms with Gasteiger partial charge in [0.2, 0.25) is 0 Å². The molecule has 0 atom stereocenters. The zero-order valence-electron chi connectivity index (χ0n) is 11.8. The van der Waals surface area contributed by atoms with Gasteiger partial charge >= 0.3 is 6.18 Å². The van der Waals surface area contributed by atoms with Gasteiger partial charge in [-0.2, -0.15) is 13.2 Å². The number of halogens is 3. The van der Waals surface area contributed by atoms with Crippen LogP contribution >= 0.6 is 0 Å². The van der Waals surface area contributed by atoms with Crippen LogP contribution in [0, 0.1) is 11.8 Å². The van der Waals surface area contributed by atoms with Gasteiger partial charge in [0.1, 0.15) is 17.9 Å². The first kappa shape index (κ1) is 15.1. The molecule has 116 valence electrons. The average Bonchev–Trinajstić information content (AvgIpc) is 2.96. The van der Waals surface area contributed by atoms with E-state index >= 15 is 0 Å². The quantitative estimate of drug-likeness (QED) is 0.674. The number of fused-ring (bicyclic) bond motifs is 1. The van der Waals surface area contributed by atoms with Crippen LogP contribution in [0.25, 0.3) is 22.4 Å². The van der Waals surface area contributed by atoms with Crippen LogP contribution in [-0.4, -0.2) is 21.7 Å². The van der Waals surface area contributed by atoms with Crippen molar-refractivity contribution in [3.63, 3.8) is 0 Å². The lowest BCUT2D eigenvalue weighted by atomic mass is 10.1. The van der Waals surface area contributed by atoms with Crippen molar-refractivity contribution in [2.45, 2.75) is 6.18 Å². The van der Waals surface area contributed by atoms with Gasteiger partial charge < -0.3 is 10.1 Å². The standard InChI is InChI=1S/C17H11F3N2O/c18-17(19,20)13-9-12(7-4-8-23)15-14(10-13)21-16(22-15)11-5-2-1-3-6-11/h1-3,5-6,9-10,23H,8H2,(H,21,22). The lowest BCUT2D eigenvalue weighted by Gasteiger charge is -2.07. The van der Waals surface area contributed by atoms with E-state index in [1.807, 2.05) is 30.3 Å². The zero-order valence-corrected chi connectivity index (χ0v) is 11.8. The number of alkyl halides is 3. The van der Waals surface area contributed by atoms with Crippen molar-refractivity contribution in [1.82, 2.24) is 9.97 Å². The summed E-state index contributed by atoms with van der Waals surface area (Å²) in [4.78, 5) is 7.25. The molecule has 2 aromatic carbocycles. The molecule has 0 aliphatic carbocycles. The van der Waals surface area contributed by atoms with Gasteiger partial charge in [0, 0.05) is 5.56 Å². The number of H-pyrrole nitrogens is 1. The van der Waals surface area contributed by atoms with Crippen LogP contribution in [-0.2, 0) is 6.18 Å². The zero-order chi connectivity index (χ0) is 16.4. The minimum atomic E-state index is -4.48. The van der Waals surface area contributed by atoms with E-state index in [2.05, 4.69) is 21.8 Å². The van der Waals surface area contributed by atoms with Crippen LogP contribution < -0.4 is 0 Å². The summed E-state index contributed by atoms with van der Waals surface area (Å²) in [5.41, 5.74) is 0.676. The molecule has 0 saturated carbocycles. The second-order valence-corrected chi connectivity index (χ2v) is 4.83. The van der Waals surface area contributed by atoms with Crippen LogP contribution in [0.1, 0.15) is 11.1 Å². The number of hydrogen-bond donors (Lipinski definition) is 2. The van der Waals surface area contributed by atoms with Gasteiger partial charge in [-0.15, -0.1) is 0 Å². The Morgan fingerprint density at radius 3 is 2.52 bits per heavy atom. The highest BCUT2D eigenvalue weighted by Gasteiger charge is 2.31. The predicted molar refractivity (Wildman–Crippen MR) is 80.5 cm³/mol. The van der Waals surface area contributed by atoms with E-state index in [9.17, 15) is 13.2 Å². The maximum Gasteiger partial charge on any atom is 0.416 e. The first-order valence-electron chi connectivity index (χ1n) is 6.75. The highest BCUT2D eigenvalue weighted by Crippen LogP contribution is 2.33. The lowest BCUT2D eigenvalue weighted by Crippen LogP contribution is -2.05. The molecular weight excluding hydrogens is 305 g/mol. The molecule has 1 heterocycles. The van der Waals surface area contributed by atoms with E-state index in [-0.39, 0.29) is 11.1 Å². The molecule has 0 amide bonds. The van der Waals surface area contributed by atoms with Gasteiger partial charge in [0.15, 0.2) is 0 Å². The Bertz CT molecular complexity index is 902. The third kappa shape index (κ3) is 3.05. The smallest absolute Gasteiger partial charge is 0.384 e. The first-order valence-corrected chi connectivity index (χ1v) is 6.75. The van der Waals surface area contributed by atoms with E-state index in [0.29, 0.717) is 11.3 Å². The fourth-order valence-corrected chi connectivity index (χ4v) is 2.24. The molecular formula is C17H11F3N2O. The normalized spacial score (nSPS) is 11.3. The topological polar surface area (TPSA) is 48.9 Å². The predicted octanol–water partition coefficient (Wildman–Crippen LogP) is 3.59. The highest BCUT2D eigenvalue weighted by molar-refractivity contribution is 5.85. The number of imidazole rings is 1. The molecule has 0 unspecified atom stereocenters. The van der Waals surface area contributed by atoms with Crippen LogP contribution in [0.2, 0.25) is 0 Å². The molecule has 0 bridgehead atoms. The molecule has 23 heavy (non-hydrogen) atoms. The van der Waals surface area contributed by atoms with E-state index in [4.69, 9.17) is 5.11 Å². The van der Waals surface area contributed by atoms with E-state index < -0.39 is 18.3 Å². The molecule has 3 aromatic rings. The van der Waals surface area contributed by atoms with Crippen molar-refractivity contribution in [2.24, 2.45) is 0 Å². The monoisotopic (exact) mass is 316 g/mol. The van der Waals surface area contributed by atoms with Gasteiger partial charge in [0.25, 0.3) is 0 Å². The number of benzene rings is 2. The van der Waals surface area contributed by atoms with Crippen LogP contribution in [0.4, 0.5) is 13.2 Å². The molecule has 2 N–H and O–H groups in total. The lowest BCUT2D eigenvalue weighted by molar-refractivity contribution is -0.137. The van der Waals surface area contributed by atoms with Gasteiger partial charge in [-0.3, -0.25) is 0 Å². The number of aliphatic hydroxyl groups excluding tert-OH is 1. The summed E-state index contributed by atoms with van der Waals surface area (Å²) in [6.45, 7) is -0.437. The fraction of sp³-hybridized carbons (Fsp3) is 0.118. The second-order valence-electron chi connectivity index (χ2n) is 4.83. The van der Waals surface area contributed by atoms with Crippen LogP contribution in [0.3, 0.4) is 0 Å². The molecule has 0 fully saturated rings. The third-order valence-corrected chi connectivity index (χ3v) is 3.26. The summed E-state index contributed by atoms with van der Waals surface area (Å²) >= 11 is 0. The number of hydrogen-bond acceptors (Lipinski definition) is 2. The molecule has 0 aliphatic heterocycles. The summed E-state index contributed by atoms with van der Waals surface area (Å²) < 4.78 is 39.0. The van der Waals surface area contributed by atoms with Gasteiger partial charge in [-0.25, -0.2) is 4.98 Å². The first-order chi connectivity index (χ1) is 11.0. The summed E-state index contributed by atoms with van der Waals surface area (Å²) in [5, 5.41) is 8.79. The second kappa shape index (κ2) is 5.78. The molecule has 0 radical (unpaired) electrons. The largest absolute Gasteiger partial charge is 0.416 e. The van der Waals surface area contributed by atoms with Gasteiger partial charge in [0.05, 0.1) is 16.6 Å². The number of nitrogens with one attached hydrogen (secondary N) is 1. The van der Waals surface area contributed by atoms with Crippen molar-refractivity contribution in [3.05, 3.63) is 53.6 Å². The molecule has 0 aliphatic rings. The van der Waals surface area contributed by atoms with Crippen molar-refractivity contribution in [2.75, 3.05) is 6.61 Å².